The second-order valence-corrected chi connectivity index (χ2v) is 1.75. The first-order chi connectivity index (χ1) is 4.22. The van der Waals surface area contributed by atoms with Crippen LogP contribution in [0.5, 0.6) is 0 Å². The Bertz CT molecular complexity index is 94.2. The van der Waals surface area contributed by atoms with Gasteiger partial charge in [-0.25, -0.2) is 5.43 Å². The van der Waals surface area contributed by atoms with Gasteiger partial charge < -0.3 is 5.32 Å². The van der Waals surface area contributed by atoms with Gasteiger partial charge in [0.2, 0.25) is 0 Å². The minimum atomic E-state index is -0.141. The van der Waals surface area contributed by atoms with E-state index in [0.29, 0.717) is 0 Å². The molecule has 0 rings (SSSR count). The van der Waals surface area contributed by atoms with Crippen LogP contribution in [-0.4, -0.2) is 26.0 Å². The van der Waals surface area contributed by atoms with E-state index in [1.54, 1.807) is 21.0 Å². The van der Waals surface area contributed by atoms with Crippen LogP contribution in [0.15, 0.2) is 0 Å². The molecule has 0 heterocycles. The zero-order valence-corrected chi connectivity index (χ0v) is 5.99. The summed E-state index contributed by atoms with van der Waals surface area (Å²) in [7, 11) is 3.39. The molecule has 0 aromatic rings. The van der Waals surface area contributed by atoms with E-state index in [-0.39, 0.29) is 11.9 Å². The molecule has 3 N–H and O–H groups in total. The van der Waals surface area contributed by atoms with Gasteiger partial charge in [-0.2, -0.15) is 0 Å². The minimum Gasteiger partial charge on any atom is -0.309 e. The van der Waals surface area contributed by atoms with Crippen LogP contribution < -0.4 is 16.2 Å². The quantitative estimate of drug-likeness (QED) is 0.424. The van der Waals surface area contributed by atoms with Crippen LogP contribution in [-0.2, 0) is 4.79 Å². The van der Waals surface area contributed by atoms with E-state index >= 15 is 0 Å². The van der Waals surface area contributed by atoms with Crippen molar-refractivity contribution in [3.63, 3.8) is 0 Å². The van der Waals surface area contributed by atoms with Gasteiger partial charge in [0.05, 0.1) is 6.04 Å². The third-order valence-corrected chi connectivity index (χ3v) is 1.07. The Morgan fingerprint density at radius 1 is 1.44 bits per heavy atom. The lowest BCUT2D eigenvalue weighted by Crippen LogP contribution is -2.45. The molecular weight excluding hydrogens is 118 g/mol. The zero-order chi connectivity index (χ0) is 7.28. The molecule has 9 heavy (non-hydrogen) atoms. The van der Waals surface area contributed by atoms with E-state index in [0.717, 1.165) is 0 Å². The Kier molecular flexibility index (Phi) is 4.00. The number of hydrogen-bond acceptors (Lipinski definition) is 3. The Morgan fingerprint density at radius 2 is 2.00 bits per heavy atom. The van der Waals surface area contributed by atoms with Crippen molar-refractivity contribution in [3.8, 4) is 0 Å². The van der Waals surface area contributed by atoms with Crippen LogP contribution in [0.25, 0.3) is 0 Å². The highest BCUT2D eigenvalue weighted by Crippen LogP contribution is 1.75. The van der Waals surface area contributed by atoms with Gasteiger partial charge in [0.15, 0.2) is 0 Å². The topological polar surface area (TPSA) is 53.2 Å². The lowest BCUT2D eigenvalue weighted by molar-refractivity contribution is -0.123. The van der Waals surface area contributed by atoms with Crippen molar-refractivity contribution in [1.82, 2.24) is 16.2 Å². The number of hydrazine groups is 1. The number of nitrogens with one attached hydrogen (secondary N) is 3. The summed E-state index contributed by atoms with van der Waals surface area (Å²) in [6, 6.07) is -0.141. The number of amides is 1. The highest BCUT2D eigenvalue weighted by atomic mass is 16.2. The van der Waals surface area contributed by atoms with Crippen LogP contribution in [0.4, 0.5) is 0 Å². The second-order valence-electron chi connectivity index (χ2n) is 1.75. The minimum absolute atomic E-state index is 0.0556. The van der Waals surface area contributed by atoms with Crippen LogP contribution in [0.2, 0.25) is 0 Å². The zero-order valence-electron chi connectivity index (χ0n) is 5.99. The summed E-state index contributed by atoms with van der Waals surface area (Å²) >= 11 is 0. The van der Waals surface area contributed by atoms with Crippen molar-refractivity contribution >= 4 is 5.91 Å². The molecule has 0 saturated heterocycles. The first-order valence-corrected chi connectivity index (χ1v) is 2.86. The summed E-state index contributed by atoms with van der Waals surface area (Å²) in [5.41, 5.74) is 4.99. The molecule has 0 aliphatic carbocycles. The molecule has 54 valence electrons. The maximum Gasteiger partial charge on any atom is 0.250 e. The maximum absolute atomic E-state index is 10.7. The van der Waals surface area contributed by atoms with Crippen molar-refractivity contribution in [3.05, 3.63) is 0 Å². The van der Waals surface area contributed by atoms with Crippen molar-refractivity contribution < 1.29 is 4.79 Å². The number of carbonyl (C=O) groups is 1. The highest BCUT2D eigenvalue weighted by molar-refractivity contribution is 5.80. The highest BCUT2D eigenvalue weighted by Gasteiger charge is 2.06. The maximum atomic E-state index is 10.7. The van der Waals surface area contributed by atoms with Crippen molar-refractivity contribution in [1.29, 1.82) is 0 Å². The van der Waals surface area contributed by atoms with Gasteiger partial charge in [0.1, 0.15) is 0 Å². The molecule has 0 aliphatic heterocycles. The molecule has 0 saturated carbocycles. The summed E-state index contributed by atoms with van der Waals surface area (Å²) in [4.78, 5) is 10.7. The average molecular weight is 131 g/mol. The summed E-state index contributed by atoms with van der Waals surface area (Å²) < 4.78 is 0. The summed E-state index contributed by atoms with van der Waals surface area (Å²) in [5, 5.41) is 2.80. The molecule has 0 aliphatic rings. The molecule has 0 bridgehead atoms. The fourth-order valence-electron chi connectivity index (χ4n) is 0.363. The molecule has 0 fully saturated rings. The Hall–Kier alpha value is -0.610. The Morgan fingerprint density at radius 3 is 2.33 bits per heavy atom. The van der Waals surface area contributed by atoms with Gasteiger partial charge in [-0.05, 0) is 14.0 Å². The van der Waals surface area contributed by atoms with E-state index in [2.05, 4.69) is 16.2 Å². The third-order valence-electron chi connectivity index (χ3n) is 1.07. The van der Waals surface area contributed by atoms with Crippen LogP contribution >= 0.6 is 0 Å². The smallest absolute Gasteiger partial charge is 0.250 e. The van der Waals surface area contributed by atoms with Crippen LogP contribution in [0, 0.1) is 0 Å². The SMILES string of the molecule is CNNC(=O)[C@H](C)NC. The van der Waals surface area contributed by atoms with Crippen LogP contribution in [0.1, 0.15) is 6.92 Å². The normalized spacial score (nSPS) is 12.8. The lowest BCUT2D eigenvalue weighted by atomic mass is 10.3. The van der Waals surface area contributed by atoms with Gasteiger partial charge in [0, 0.05) is 7.05 Å². The van der Waals surface area contributed by atoms with Crippen molar-refractivity contribution in [2.75, 3.05) is 14.1 Å². The Balaban J connectivity index is 3.46. The van der Waals surface area contributed by atoms with Crippen LogP contribution in [0.3, 0.4) is 0 Å². The van der Waals surface area contributed by atoms with Crippen molar-refractivity contribution in [2.45, 2.75) is 13.0 Å². The standard InChI is InChI=1S/C5H13N3O/c1-4(6-2)5(9)8-7-3/h4,6-7H,1-3H3,(H,8,9)/t4-/m0/s1. The number of hydrogen-bond donors (Lipinski definition) is 3. The molecular formula is C5H13N3O. The fraction of sp³-hybridized carbons (Fsp3) is 0.800. The molecule has 0 aromatic heterocycles. The molecule has 0 aromatic carbocycles. The van der Waals surface area contributed by atoms with E-state index < -0.39 is 0 Å². The van der Waals surface area contributed by atoms with E-state index in [1.165, 1.54) is 0 Å². The molecule has 0 unspecified atom stereocenters. The third kappa shape index (κ3) is 3.05. The van der Waals surface area contributed by atoms with E-state index in [9.17, 15) is 4.79 Å². The molecule has 0 radical (unpaired) electrons. The lowest BCUT2D eigenvalue weighted by Gasteiger charge is -2.08. The average Bonchev–Trinajstić information content (AvgIpc) is 1.87. The monoisotopic (exact) mass is 131 g/mol. The predicted octanol–water partition coefficient (Wildman–Crippen LogP) is -1.16. The number of likely N-dealkylation sites (N-methyl/N-ethyl adjacent to an activating group) is 1. The molecule has 0 spiro atoms. The van der Waals surface area contributed by atoms with Crippen molar-refractivity contribution in [2.24, 2.45) is 0 Å². The number of carbonyl (C=O) groups excluding carboxylic acids is 1. The Labute approximate surface area is 55.0 Å². The fourth-order valence-corrected chi connectivity index (χ4v) is 0.363. The molecule has 1 amide bonds. The van der Waals surface area contributed by atoms with Gasteiger partial charge in [-0.1, -0.05) is 0 Å². The predicted molar refractivity (Wildman–Crippen MR) is 35.7 cm³/mol. The van der Waals surface area contributed by atoms with E-state index in [1.807, 2.05) is 0 Å². The first kappa shape index (κ1) is 8.39. The summed E-state index contributed by atoms with van der Waals surface area (Å²) in [6.07, 6.45) is 0. The molecule has 4 heteroatoms. The van der Waals surface area contributed by atoms with Gasteiger partial charge in [-0.15, -0.1) is 0 Å². The first-order valence-electron chi connectivity index (χ1n) is 2.86. The largest absolute Gasteiger partial charge is 0.309 e. The van der Waals surface area contributed by atoms with E-state index in [4.69, 9.17) is 0 Å². The van der Waals surface area contributed by atoms with Gasteiger partial charge >= 0.3 is 0 Å². The van der Waals surface area contributed by atoms with Gasteiger partial charge in [0.25, 0.3) is 5.91 Å². The number of rotatable bonds is 3. The summed E-state index contributed by atoms with van der Waals surface area (Å²) in [6.45, 7) is 1.78. The molecule has 4 nitrogen and oxygen atoms in total. The summed E-state index contributed by atoms with van der Waals surface area (Å²) in [5.74, 6) is -0.0556. The molecule has 1 atom stereocenters. The second kappa shape index (κ2) is 4.29. The van der Waals surface area contributed by atoms with Gasteiger partial charge in [-0.3, -0.25) is 10.2 Å².